The maximum absolute atomic E-state index is 5.72. The van der Waals surface area contributed by atoms with Gasteiger partial charge in [0, 0.05) is 29.6 Å². The number of hydrogen-bond acceptors (Lipinski definition) is 3. The Balaban J connectivity index is 4.32. The van der Waals surface area contributed by atoms with Crippen LogP contribution in [0.25, 0.3) is 0 Å². The molecule has 8 heteroatoms. The Bertz CT molecular complexity index is 142. The normalized spacial score (nSPS) is 12.0. The van der Waals surface area contributed by atoms with Gasteiger partial charge in [-0.2, -0.15) is 0 Å². The highest BCUT2D eigenvalue weighted by Gasteiger charge is 2.40. The van der Waals surface area contributed by atoms with Gasteiger partial charge in [-0.3, -0.25) is 0 Å². The van der Waals surface area contributed by atoms with Crippen LogP contribution in [-0.4, -0.2) is 52.1 Å². The minimum atomic E-state index is -2.74. The maximum atomic E-state index is 5.72. The summed E-state index contributed by atoms with van der Waals surface area (Å²) in [6.45, 7) is 1.11. The molecule has 0 fully saturated rings. The molecule has 0 saturated carbocycles. The average Bonchev–Trinajstić information content (AvgIpc) is 2.31. The van der Waals surface area contributed by atoms with E-state index in [-0.39, 0.29) is 0 Å². The highest BCUT2D eigenvalue weighted by Crippen LogP contribution is 2.17. The first-order valence-corrected chi connectivity index (χ1v) is 8.97. The number of rotatable bonds is 11. The lowest BCUT2D eigenvalue weighted by Gasteiger charge is -2.28. The van der Waals surface area contributed by atoms with Crippen LogP contribution in [0.15, 0.2) is 0 Å². The van der Waals surface area contributed by atoms with E-state index in [1.165, 1.54) is 0 Å². The second kappa shape index (κ2) is 11.4. The van der Waals surface area contributed by atoms with E-state index in [1.54, 1.807) is 0 Å². The van der Waals surface area contributed by atoms with Crippen LogP contribution in [0.2, 0.25) is 6.04 Å². The lowest BCUT2D eigenvalue weighted by Crippen LogP contribution is -2.47. The quantitative estimate of drug-likeness (QED) is 0.431. The monoisotopic (exact) mass is 328 g/mol. The summed E-state index contributed by atoms with van der Waals surface area (Å²) in [5.41, 5.74) is 0. The Kier molecular flexibility index (Phi) is 12.2. The van der Waals surface area contributed by atoms with E-state index >= 15 is 0 Å². The molecule has 0 aromatic carbocycles. The molecule has 0 spiro atoms. The van der Waals surface area contributed by atoms with Gasteiger partial charge in [0.1, 0.15) is 0 Å². The van der Waals surface area contributed by atoms with Gasteiger partial charge >= 0.3 is 8.80 Å². The minimum absolute atomic E-state index is 0.370. The van der Waals surface area contributed by atoms with E-state index in [4.69, 9.17) is 59.7 Å². The topological polar surface area (TPSA) is 27.7 Å². The highest BCUT2D eigenvalue weighted by atomic mass is 35.5. The number of alkyl halides is 4. The van der Waals surface area contributed by atoms with Crippen molar-refractivity contribution in [1.29, 1.82) is 0 Å². The molecular weight excluding hydrogens is 314 g/mol. The molecule has 0 rings (SSSR count). The molecular formula is C8H16Cl4O3Si. The van der Waals surface area contributed by atoms with Crippen LogP contribution < -0.4 is 0 Å². The summed E-state index contributed by atoms with van der Waals surface area (Å²) < 4.78 is 16.8. The Labute approximate surface area is 118 Å². The molecule has 98 valence electrons. The summed E-state index contributed by atoms with van der Waals surface area (Å²) >= 11 is 22.4. The number of hydrogen-bond donors (Lipinski definition) is 0. The van der Waals surface area contributed by atoms with Crippen LogP contribution in [-0.2, 0) is 13.3 Å². The van der Waals surface area contributed by atoms with E-state index < -0.39 is 8.80 Å². The Morgan fingerprint density at radius 2 is 1.00 bits per heavy atom. The van der Waals surface area contributed by atoms with Gasteiger partial charge in [-0.15, -0.1) is 46.4 Å². The molecule has 3 nitrogen and oxygen atoms in total. The van der Waals surface area contributed by atoms with Crippen molar-refractivity contribution in [2.24, 2.45) is 0 Å². The van der Waals surface area contributed by atoms with Gasteiger partial charge in [-0.25, -0.2) is 0 Å². The van der Waals surface area contributed by atoms with E-state index in [1.807, 2.05) is 0 Å². The van der Waals surface area contributed by atoms with Crippen molar-refractivity contribution >= 4 is 55.2 Å². The van der Waals surface area contributed by atoms with Crippen LogP contribution in [0.1, 0.15) is 0 Å². The second-order valence-corrected chi connectivity index (χ2v) is 6.98. The Morgan fingerprint density at radius 1 is 0.625 bits per heavy atom. The van der Waals surface area contributed by atoms with Crippen molar-refractivity contribution in [3.63, 3.8) is 0 Å². The first kappa shape index (κ1) is 17.3. The van der Waals surface area contributed by atoms with E-state index in [9.17, 15) is 0 Å². The predicted octanol–water partition coefficient (Wildman–Crippen LogP) is 2.93. The van der Waals surface area contributed by atoms with E-state index in [2.05, 4.69) is 0 Å². The third-order valence-electron chi connectivity index (χ3n) is 1.60. The fraction of sp³-hybridized carbons (Fsp3) is 1.00. The van der Waals surface area contributed by atoms with Gasteiger partial charge in [0.15, 0.2) is 0 Å². The summed E-state index contributed by atoms with van der Waals surface area (Å²) in [5.74, 6) is 1.54. The minimum Gasteiger partial charge on any atom is -0.372 e. The van der Waals surface area contributed by atoms with Gasteiger partial charge in [-0.1, -0.05) is 0 Å². The Hall–Kier alpha value is 1.26. The first-order valence-electron chi connectivity index (χ1n) is 4.90. The maximum Gasteiger partial charge on any atom is 0.502 e. The zero-order valence-corrected chi connectivity index (χ0v) is 12.9. The third kappa shape index (κ3) is 7.56. The molecule has 0 aliphatic rings. The molecule has 0 radical (unpaired) electrons. The SMILES string of the molecule is ClCCO[Si](CCCl)(OCCCl)OCCCl. The molecule has 0 amide bonds. The van der Waals surface area contributed by atoms with Gasteiger partial charge in [0.05, 0.1) is 19.8 Å². The summed E-state index contributed by atoms with van der Waals surface area (Å²) in [6.07, 6.45) is 0. The molecule has 0 atom stereocenters. The van der Waals surface area contributed by atoms with Crippen molar-refractivity contribution in [3.05, 3.63) is 0 Å². The smallest absolute Gasteiger partial charge is 0.372 e. The van der Waals surface area contributed by atoms with Crippen LogP contribution in [0, 0.1) is 0 Å². The van der Waals surface area contributed by atoms with E-state index in [0.29, 0.717) is 49.4 Å². The summed E-state index contributed by atoms with van der Waals surface area (Å²) in [7, 11) is -2.74. The summed E-state index contributed by atoms with van der Waals surface area (Å²) in [4.78, 5) is 0. The predicted molar refractivity (Wildman–Crippen MR) is 71.3 cm³/mol. The summed E-state index contributed by atoms with van der Waals surface area (Å²) in [5, 5.41) is 0. The molecule has 0 bridgehead atoms. The third-order valence-corrected chi connectivity index (χ3v) is 5.36. The summed E-state index contributed by atoms with van der Waals surface area (Å²) in [6, 6.07) is 0.527. The van der Waals surface area contributed by atoms with Crippen LogP contribution in [0.3, 0.4) is 0 Å². The molecule has 0 unspecified atom stereocenters. The number of halogens is 4. The van der Waals surface area contributed by atoms with Crippen molar-refractivity contribution in [1.82, 2.24) is 0 Å². The molecule has 16 heavy (non-hydrogen) atoms. The zero-order valence-electron chi connectivity index (χ0n) is 8.89. The highest BCUT2D eigenvalue weighted by molar-refractivity contribution is 6.61. The largest absolute Gasteiger partial charge is 0.502 e. The van der Waals surface area contributed by atoms with Crippen LogP contribution in [0.4, 0.5) is 0 Å². The van der Waals surface area contributed by atoms with Crippen molar-refractivity contribution in [3.8, 4) is 0 Å². The van der Waals surface area contributed by atoms with E-state index in [0.717, 1.165) is 0 Å². The van der Waals surface area contributed by atoms with Gasteiger partial charge in [0.25, 0.3) is 0 Å². The zero-order chi connectivity index (χ0) is 12.3. The lowest BCUT2D eigenvalue weighted by atomic mass is 10.9. The van der Waals surface area contributed by atoms with Gasteiger partial charge in [-0.05, 0) is 0 Å². The molecule has 0 aliphatic heterocycles. The van der Waals surface area contributed by atoms with Crippen LogP contribution >= 0.6 is 46.4 Å². The molecule has 0 aliphatic carbocycles. The average molecular weight is 330 g/mol. The van der Waals surface area contributed by atoms with Crippen molar-refractivity contribution < 1.29 is 13.3 Å². The lowest BCUT2D eigenvalue weighted by molar-refractivity contribution is 0.0745. The standard InChI is InChI=1S/C8H16Cl4O3Si/c9-1-5-13-16(8-4-12,14-6-2-10)15-7-3-11/h1-8H2. The molecule has 0 N–H and O–H groups in total. The molecule has 0 saturated heterocycles. The molecule has 0 aromatic rings. The molecule has 0 aromatic heterocycles. The first-order chi connectivity index (χ1) is 7.74. The second-order valence-electron chi connectivity index (χ2n) is 2.73. The van der Waals surface area contributed by atoms with Crippen LogP contribution in [0.5, 0.6) is 0 Å². The van der Waals surface area contributed by atoms with Crippen molar-refractivity contribution in [2.75, 3.05) is 43.3 Å². The molecule has 0 heterocycles. The fourth-order valence-electron chi connectivity index (χ4n) is 1.04. The van der Waals surface area contributed by atoms with Crippen molar-refractivity contribution in [2.45, 2.75) is 6.04 Å². The van der Waals surface area contributed by atoms with Gasteiger partial charge in [0.2, 0.25) is 0 Å². The fourth-order valence-corrected chi connectivity index (χ4v) is 4.51. The van der Waals surface area contributed by atoms with Gasteiger partial charge < -0.3 is 13.3 Å². The Morgan fingerprint density at radius 3 is 1.25 bits per heavy atom.